The summed E-state index contributed by atoms with van der Waals surface area (Å²) in [5.74, 6) is -0.752. The van der Waals surface area contributed by atoms with E-state index in [0.29, 0.717) is 12.2 Å². The van der Waals surface area contributed by atoms with E-state index in [2.05, 4.69) is 5.32 Å². The molecule has 0 saturated heterocycles. The molecular formula is C30H37N3O4S. The molecule has 0 fully saturated rings. The topological polar surface area (TPSA) is 86.8 Å². The third kappa shape index (κ3) is 7.22. The van der Waals surface area contributed by atoms with Crippen LogP contribution in [-0.2, 0) is 26.2 Å². The summed E-state index contributed by atoms with van der Waals surface area (Å²) in [5, 5.41) is 2.85. The minimum atomic E-state index is -4.07. The van der Waals surface area contributed by atoms with Crippen molar-refractivity contribution >= 4 is 27.5 Å². The van der Waals surface area contributed by atoms with Gasteiger partial charge < -0.3 is 10.2 Å². The van der Waals surface area contributed by atoms with Crippen molar-refractivity contribution < 1.29 is 18.0 Å². The largest absolute Gasteiger partial charge is 0.354 e. The number of carbonyl (C=O) groups excluding carboxylic acids is 2. The van der Waals surface area contributed by atoms with Crippen LogP contribution in [0.15, 0.2) is 77.7 Å². The second-order valence-corrected chi connectivity index (χ2v) is 11.5. The Hall–Kier alpha value is -3.65. The van der Waals surface area contributed by atoms with Crippen LogP contribution in [-0.4, -0.2) is 44.3 Å². The van der Waals surface area contributed by atoms with Crippen molar-refractivity contribution in [1.29, 1.82) is 0 Å². The third-order valence-corrected chi connectivity index (χ3v) is 8.16. The third-order valence-electron chi connectivity index (χ3n) is 6.37. The zero-order valence-corrected chi connectivity index (χ0v) is 23.6. The van der Waals surface area contributed by atoms with Gasteiger partial charge in [0.05, 0.1) is 10.6 Å². The Morgan fingerprint density at radius 1 is 0.868 bits per heavy atom. The van der Waals surface area contributed by atoms with E-state index < -0.39 is 28.5 Å². The van der Waals surface area contributed by atoms with Gasteiger partial charge in [-0.1, -0.05) is 66.6 Å². The standard InChI is InChI=1S/C30H37N3O4S/c1-6-18-31-30(35)25(5)32(20-26-14-10-22(2)11-15-26)29(34)21-33(27-9-7-8-24(4)19-27)38(36,37)28-16-12-23(3)13-17-28/h7-17,19,25H,6,18,20-21H2,1-5H3,(H,31,35)/t25-/m1/s1. The van der Waals surface area contributed by atoms with Crippen LogP contribution in [0.3, 0.4) is 0 Å². The van der Waals surface area contributed by atoms with E-state index in [-0.39, 0.29) is 17.3 Å². The summed E-state index contributed by atoms with van der Waals surface area (Å²) in [6.45, 7) is 9.57. The molecule has 0 aliphatic carbocycles. The molecule has 38 heavy (non-hydrogen) atoms. The molecule has 0 bridgehead atoms. The first kappa shape index (κ1) is 28.9. The first-order valence-electron chi connectivity index (χ1n) is 12.8. The Balaban J connectivity index is 2.01. The maximum absolute atomic E-state index is 13.9. The molecule has 0 aliphatic heterocycles. The average Bonchev–Trinajstić information content (AvgIpc) is 2.89. The Morgan fingerprint density at radius 3 is 2.05 bits per heavy atom. The van der Waals surface area contributed by atoms with Crippen LogP contribution in [0.1, 0.15) is 42.5 Å². The average molecular weight is 536 g/mol. The summed E-state index contributed by atoms with van der Waals surface area (Å²) >= 11 is 0. The van der Waals surface area contributed by atoms with Crippen molar-refractivity contribution in [3.8, 4) is 0 Å². The molecule has 1 N–H and O–H groups in total. The first-order chi connectivity index (χ1) is 18.0. The lowest BCUT2D eigenvalue weighted by atomic mass is 10.1. The maximum Gasteiger partial charge on any atom is 0.264 e. The van der Waals surface area contributed by atoms with Gasteiger partial charge in [0.1, 0.15) is 12.6 Å². The van der Waals surface area contributed by atoms with E-state index in [1.165, 1.54) is 4.90 Å². The zero-order valence-electron chi connectivity index (χ0n) is 22.8. The number of hydrogen-bond acceptors (Lipinski definition) is 4. The van der Waals surface area contributed by atoms with Crippen molar-refractivity contribution in [3.63, 3.8) is 0 Å². The van der Waals surface area contributed by atoms with Crippen LogP contribution in [0.5, 0.6) is 0 Å². The highest BCUT2D eigenvalue weighted by Gasteiger charge is 2.32. The van der Waals surface area contributed by atoms with E-state index >= 15 is 0 Å². The molecule has 0 aliphatic rings. The molecule has 0 spiro atoms. The van der Waals surface area contributed by atoms with Crippen molar-refractivity contribution in [2.75, 3.05) is 17.4 Å². The van der Waals surface area contributed by atoms with Crippen LogP contribution < -0.4 is 9.62 Å². The number of nitrogens with one attached hydrogen (secondary N) is 1. The van der Waals surface area contributed by atoms with Crippen LogP contribution in [0.4, 0.5) is 5.69 Å². The molecule has 2 amide bonds. The summed E-state index contributed by atoms with van der Waals surface area (Å²) in [7, 11) is -4.07. The maximum atomic E-state index is 13.9. The minimum absolute atomic E-state index is 0.0937. The fourth-order valence-electron chi connectivity index (χ4n) is 4.02. The van der Waals surface area contributed by atoms with E-state index in [4.69, 9.17) is 0 Å². The summed E-state index contributed by atoms with van der Waals surface area (Å²) < 4.78 is 28.8. The van der Waals surface area contributed by atoms with Gasteiger partial charge in [-0.2, -0.15) is 0 Å². The number of sulfonamides is 1. The van der Waals surface area contributed by atoms with Crippen LogP contribution >= 0.6 is 0 Å². The molecule has 1 atom stereocenters. The van der Waals surface area contributed by atoms with Crippen LogP contribution in [0, 0.1) is 20.8 Å². The molecule has 3 rings (SSSR count). The monoisotopic (exact) mass is 535 g/mol. The lowest BCUT2D eigenvalue weighted by Crippen LogP contribution is -2.51. The van der Waals surface area contributed by atoms with Gasteiger partial charge in [-0.25, -0.2) is 8.42 Å². The molecule has 0 saturated carbocycles. The van der Waals surface area contributed by atoms with Crippen molar-refractivity contribution in [2.45, 2.75) is 58.5 Å². The van der Waals surface area contributed by atoms with Gasteiger partial charge in [0, 0.05) is 13.1 Å². The molecule has 3 aromatic carbocycles. The number of carbonyl (C=O) groups is 2. The summed E-state index contributed by atoms with van der Waals surface area (Å²) in [6.07, 6.45) is 0.764. The predicted octanol–water partition coefficient (Wildman–Crippen LogP) is 4.75. The Morgan fingerprint density at radius 2 is 1.47 bits per heavy atom. The summed E-state index contributed by atoms with van der Waals surface area (Å²) in [4.78, 5) is 28.3. The second kappa shape index (κ2) is 12.7. The van der Waals surface area contributed by atoms with Gasteiger partial charge in [-0.05, 0) is 69.5 Å². The lowest BCUT2D eigenvalue weighted by Gasteiger charge is -2.32. The van der Waals surface area contributed by atoms with Crippen molar-refractivity contribution in [3.05, 3.63) is 95.1 Å². The van der Waals surface area contributed by atoms with E-state index in [9.17, 15) is 18.0 Å². The first-order valence-corrected chi connectivity index (χ1v) is 14.3. The lowest BCUT2D eigenvalue weighted by molar-refractivity contribution is -0.139. The predicted molar refractivity (Wildman–Crippen MR) is 151 cm³/mol. The number of anilines is 1. The number of hydrogen-bond donors (Lipinski definition) is 1. The van der Waals surface area contributed by atoms with E-state index in [1.807, 2.05) is 58.0 Å². The fourth-order valence-corrected chi connectivity index (χ4v) is 5.42. The zero-order chi connectivity index (χ0) is 27.9. The van der Waals surface area contributed by atoms with E-state index in [1.54, 1.807) is 49.4 Å². The smallest absolute Gasteiger partial charge is 0.264 e. The number of aryl methyl sites for hydroxylation is 3. The molecule has 0 heterocycles. The number of amides is 2. The van der Waals surface area contributed by atoms with Gasteiger partial charge in [0.25, 0.3) is 10.0 Å². The SMILES string of the molecule is CCCNC(=O)[C@@H](C)N(Cc1ccc(C)cc1)C(=O)CN(c1cccc(C)c1)S(=O)(=O)c1ccc(C)cc1. The quantitative estimate of drug-likeness (QED) is 0.384. The van der Waals surface area contributed by atoms with Crippen LogP contribution in [0.25, 0.3) is 0 Å². The molecule has 3 aromatic rings. The van der Waals surface area contributed by atoms with Crippen molar-refractivity contribution in [1.82, 2.24) is 10.2 Å². The van der Waals surface area contributed by atoms with Crippen LogP contribution in [0.2, 0.25) is 0 Å². The van der Waals surface area contributed by atoms with Gasteiger partial charge in [-0.3, -0.25) is 13.9 Å². The van der Waals surface area contributed by atoms with E-state index in [0.717, 1.165) is 33.0 Å². The summed E-state index contributed by atoms with van der Waals surface area (Å²) in [6, 6.07) is 20.5. The second-order valence-electron chi connectivity index (χ2n) is 9.64. The normalized spacial score (nSPS) is 12.0. The molecular weight excluding hydrogens is 498 g/mol. The minimum Gasteiger partial charge on any atom is -0.354 e. The van der Waals surface area contributed by atoms with Gasteiger partial charge in [0.15, 0.2) is 0 Å². The van der Waals surface area contributed by atoms with Gasteiger partial charge in [0.2, 0.25) is 11.8 Å². The number of nitrogens with zero attached hydrogens (tertiary/aromatic N) is 2. The molecule has 202 valence electrons. The Bertz CT molecular complexity index is 1350. The molecule has 0 aromatic heterocycles. The molecule has 0 radical (unpaired) electrons. The highest BCUT2D eigenvalue weighted by Crippen LogP contribution is 2.25. The highest BCUT2D eigenvalue weighted by atomic mass is 32.2. The highest BCUT2D eigenvalue weighted by molar-refractivity contribution is 7.92. The fraction of sp³-hybridized carbons (Fsp3) is 0.333. The Kier molecular flexibility index (Phi) is 9.69. The number of benzene rings is 3. The van der Waals surface area contributed by atoms with Crippen molar-refractivity contribution in [2.24, 2.45) is 0 Å². The molecule has 7 nitrogen and oxygen atoms in total. The van der Waals surface area contributed by atoms with Gasteiger partial charge >= 0.3 is 0 Å². The Labute approximate surface area is 226 Å². The summed E-state index contributed by atoms with van der Waals surface area (Å²) in [5.41, 5.74) is 4.11. The molecule has 8 heteroatoms. The molecule has 0 unspecified atom stereocenters. The number of rotatable bonds is 11. The van der Waals surface area contributed by atoms with Gasteiger partial charge in [-0.15, -0.1) is 0 Å².